The summed E-state index contributed by atoms with van der Waals surface area (Å²) in [6, 6.07) is 3.36. The summed E-state index contributed by atoms with van der Waals surface area (Å²) in [5.41, 5.74) is 0. The lowest BCUT2D eigenvalue weighted by molar-refractivity contribution is -0.132. The van der Waals surface area contributed by atoms with Gasteiger partial charge in [0.1, 0.15) is 4.21 Å². The molecule has 3 rings (SSSR count). The first kappa shape index (κ1) is 18.8. The van der Waals surface area contributed by atoms with Gasteiger partial charge in [0, 0.05) is 45.2 Å². The molecule has 0 bridgehead atoms. The number of thiophene rings is 1. The van der Waals surface area contributed by atoms with Gasteiger partial charge < -0.3 is 15.1 Å². The maximum atomic E-state index is 12.3. The summed E-state index contributed by atoms with van der Waals surface area (Å²) < 4.78 is 27.7. The Bertz CT molecular complexity index is 649. The lowest BCUT2D eigenvalue weighted by Gasteiger charge is -2.33. The van der Waals surface area contributed by atoms with Crippen LogP contribution in [0, 0.1) is 0 Å². The Morgan fingerprint density at radius 1 is 1.24 bits per heavy atom. The smallest absolute Gasteiger partial charge is 0.250 e. The number of hydrogen-bond donors (Lipinski definition) is 2. The Hall–Kier alpha value is -1.00. The van der Waals surface area contributed by atoms with Crippen molar-refractivity contribution >= 4 is 27.3 Å². The topological polar surface area (TPSA) is 81.8 Å². The van der Waals surface area contributed by atoms with Crippen molar-refractivity contribution in [1.29, 1.82) is 0 Å². The van der Waals surface area contributed by atoms with E-state index in [0.717, 1.165) is 58.7 Å². The Balaban J connectivity index is 1.39. The van der Waals surface area contributed by atoms with Gasteiger partial charge in [-0.1, -0.05) is 6.07 Å². The van der Waals surface area contributed by atoms with Crippen LogP contribution < -0.4 is 10.0 Å². The maximum absolute atomic E-state index is 12.3. The number of piperidine rings is 1. The van der Waals surface area contributed by atoms with E-state index in [0.29, 0.717) is 10.6 Å². The molecule has 2 aliphatic rings. The second kappa shape index (κ2) is 8.59. The number of amides is 1. The largest absolute Gasteiger partial charge is 0.340 e. The van der Waals surface area contributed by atoms with Gasteiger partial charge in [0.25, 0.3) is 0 Å². The second-order valence-electron chi connectivity index (χ2n) is 6.55. The quantitative estimate of drug-likeness (QED) is 0.736. The fourth-order valence-corrected chi connectivity index (χ4v) is 5.61. The minimum Gasteiger partial charge on any atom is -0.340 e. The van der Waals surface area contributed by atoms with Gasteiger partial charge in [-0.25, -0.2) is 13.1 Å². The van der Waals surface area contributed by atoms with E-state index < -0.39 is 10.0 Å². The van der Waals surface area contributed by atoms with E-state index in [4.69, 9.17) is 0 Å². The average molecular weight is 387 g/mol. The van der Waals surface area contributed by atoms with E-state index in [1.807, 2.05) is 4.90 Å². The van der Waals surface area contributed by atoms with Crippen LogP contribution in [0.3, 0.4) is 0 Å². The Morgan fingerprint density at radius 3 is 2.60 bits per heavy atom. The molecule has 25 heavy (non-hydrogen) atoms. The zero-order valence-corrected chi connectivity index (χ0v) is 15.9. The van der Waals surface area contributed by atoms with Gasteiger partial charge in [0.05, 0.1) is 0 Å². The second-order valence-corrected chi connectivity index (χ2v) is 9.44. The third-order valence-electron chi connectivity index (χ3n) is 4.78. The first-order valence-electron chi connectivity index (χ1n) is 8.81. The number of carbonyl (C=O) groups is 1. The van der Waals surface area contributed by atoms with Gasteiger partial charge in [0.2, 0.25) is 15.9 Å². The number of hydrogen-bond acceptors (Lipinski definition) is 6. The van der Waals surface area contributed by atoms with Crippen molar-refractivity contribution in [3.8, 4) is 0 Å². The molecule has 0 atom stereocenters. The van der Waals surface area contributed by atoms with Crippen molar-refractivity contribution in [2.24, 2.45) is 0 Å². The summed E-state index contributed by atoms with van der Waals surface area (Å²) >= 11 is 1.24. The van der Waals surface area contributed by atoms with Crippen LogP contribution in [-0.2, 0) is 14.8 Å². The van der Waals surface area contributed by atoms with Gasteiger partial charge in [-0.05, 0) is 37.4 Å². The molecule has 1 amide bonds. The molecule has 0 aromatic carbocycles. The van der Waals surface area contributed by atoms with E-state index in [9.17, 15) is 13.2 Å². The molecule has 140 valence electrons. The van der Waals surface area contributed by atoms with Crippen LogP contribution in [0.5, 0.6) is 0 Å². The first-order chi connectivity index (χ1) is 12.0. The van der Waals surface area contributed by atoms with E-state index in [1.54, 1.807) is 17.5 Å². The number of nitrogens with one attached hydrogen (secondary N) is 2. The summed E-state index contributed by atoms with van der Waals surface area (Å²) in [5.74, 6) is 0.224. The normalized spacial score (nSPS) is 20.7. The molecule has 9 heteroatoms. The van der Waals surface area contributed by atoms with Crippen molar-refractivity contribution in [2.45, 2.75) is 29.5 Å². The molecule has 2 fully saturated rings. The van der Waals surface area contributed by atoms with E-state index in [2.05, 4.69) is 14.9 Å². The maximum Gasteiger partial charge on any atom is 0.250 e. The minimum atomic E-state index is -3.39. The van der Waals surface area contributed by atoms with Gasteiger partial charge in [-0.2, -0.15) is 0 Å². The van der Waals surface area contributed by atoms with Crippen LogP contribution >= 0.6 is 11.3 Å². The molecule has 0 radical (unpaired) electrons. The van der Waals surface area contributed by atoms with Crippen molar-refractivity contribution in [1.82, 2.24) is 19.8 Å². The van der Waals surface area contributed by atoms with E-state index in [1.165, 1.54) is 11.3 Å². The Kier molecular flexibility index (Phi) is 6.45. The predicted octanol–water partition coefficient (Wildman–Crippen LogP) is 0.313. The van der Waals surface area contributed by atoms with Gasteiger partial charge in [-0.15, -0.1) is 11.3 Å². The van der Waals surface area contributed by atoms with Crippen molar-refractivity contribution in [3.05, 3.63) is 17.5 Å². The molecule has 0 spiro atoms. The fraction of sp³-hybridized carbons (Fsp3) is 0.688. The SMILES string of the molecule is O=C(CCN1CCC(NS(=O)(=O)c2cccs2)CC1)N1CCNCC1. The molecule has 7 nitrogen and oxygen atoms in total. The highest BCUT2D eigenvalue weighted by Gasteiger charge is 2.25. The minimum absolute atomic E-state index is 0.0211. The molecule has 0 saturated carbocycles. The summed E-state index contributed by atoms with van der Waals surface area (Å²) in [4.78, 5) is 16.4. The van der Waals surface area contributed by atoms with E-state index in [-0.39, 0.29) is 11.9 Å². The monoisotopic (exact) mass is 386 g/mol. The molecule has 0 aliphatic carbocycles. The Labute approximate surface area is 153 Å². The number of piperazine rings is 1. The van der Waals surface area contributed by atoms with Crippen LogP contribution in [0.15, 0.2) is 21.7 Å². The van der Waals surface area contributed by atoms with Gasteiger partial charge in [-0.3, -0.25) is 4.79 Å². The van der Waals surface area contributed by atoms with Crippen molar-refractivity contribution in [3.63, 3.8) is 0 Å². The number of nitrogens with zero attached hydrogens (tertiary/aromatic N) is 2. The predicted molar refractivity (Wildman–Crippen MR) is 98.2 cm³/mol. The Morgan fingerprint density at radius 2 is 1.96 bits per heavy atom. The highest BCUT2D eigenvalue weighted by atomic mass is 32.2. The lowest BCUT2D eigenvalue weighted by atomic mass is 10.1. The van der Waals surface area contributed by atoms with Crippen LogP contribution in [-0.4, -0.2) is 76.0 Å². The molecular weight excluding hydrogens is 360 g/mol. The van der Waals surface area contributed by atoms with Crippen LogP contribution in [0.4, 0.5) is 0 Å². The summed E-state index contributed by atoms with van der Waals surface area (Å²) in [7, 11) is -3.39. The summed E-state index contributed by atoms with van der Waals surface area (Å²) in [5, 5.41) is 5.02. The van der Waals surface area contributed by atoms with Crippen molar-refractivity contribution in [2.75, 3.05) is 45.8 Å². The molecule has 3 heterocycles. The van der Waals surface area contributed by atoms with Crippen molar-refractivity contribution < 1.29 is 13.2 Å². The molecule has 0 unspecified atom stereocenters. The first-order valence-corrected chi connectivity index (χ1v) is 11.2. The summed E-state index contributed by atoms with van der Waals surface area (Å²) in [6.45, 7) is 5.76. The third-order valence-corrected chi connectivity index (χ3v) is 7.70. The van der Waals surface area contributed by atoms with Crippen LogP contribution in [0.1, 0.15) is 19.3 Å². The van der Waals surface area contributed by atoms with E-state index >= 15 is 0 Å². The van der Waals surface area contributed by atoms with Gasteiger partial charge in [0.15, 0.2) is 0 Å². The molecular formula is C16H26N4O3S2. The summed E-state index contributed by atoms with van der Waals surface area (Å²) in [6.07, 6.45) is 2.12. The van der Waals surface area contributed by atoms with Crippen LogP contribution in [0.2, 0.25) is 0 Å². The average Bonchev–Trinajstić information content (AvgIpc) is 3.17. The molecule has 1 aromatic heterocycles. The number of rotatable bonds is 6. The number of carbonyl (C=O) groups excluding carboxylic acids is 1. The molecule has 2 saturated heterocycles. The lowest BCUT2D eigenvalue weighted by Crippen LogP contribution is -2.48. The highest BCUT2D eigenvalue weighted by Crippen LogP contribution is 2.18. The zero-order chi connectivity index (χ0) is 17.7. The zero-order valence-electron chi connectivity index (χ0n) is 14.3. The molecule has 2 aliphatic heterocycles. The number of likely N-dealkylation sites (tertiary alicyclic amines) is 1. The molecule has 1 aromatic rings. The molecule has 2 N–H and O–H groups in total. The van der Waals surface area contributed by atoms with Gasteiger partial charge >= 0.3 is 0 Å². The standard InChI is InChI=1S/C16H26N4O3S2/c21-15(20-11-6-17-7-12-20)5-10-19-8-3-14(4-9-19)18-25(22,23)16-2-1-13-24-16/h1-2,13-14,17-18H,3-12H2. The van der Waals surface area contributed by atoms with Crippen LogP contribution in [0.25, 0.3) is 0 Å². The highest BCUT2D eigenvalue weighted by molar-refractivity contribution is 7.91. The number of sulfonamides is 1. The third kappa shape index (κ3) is 5.24. The fourth-order valence-electron chi connectivity index (χ4n) is 3.29.